The van der Waals surface area contributed by atoms with Crippen LogP contribution in [0.15, 0.2) is 30.5 Å². The summed E-state index contributed by atoms with van der Waals surface area (Å²) in [5.41, 5.74) is 1.53. The van der Waals surface area contributed by atoms with Crippen LogP contribution >= 0.6 is 0 Å². The number of para-hydroxylation sites is 1. The number of aromatic nitrogens is 1. The van der Waals surface area contributed by atoms with Gasteiger partial charge in [-0.3, -0.25) is 9.59 Å². The minimum atomic E-state index is -0.177. The minimum absolute atomic E-state index is 0.0452. The molecule has 25 heavy (non-hydrogen) atoms. The van der Waals surface area contributed by atoms with Crippen LogP contribution < -0.4 is 5.32 Å². The highest BCUT2D eigenvalue weighted by molar-refractivity contribution is 6.06. The van der Waals surface area contributed by atoms with E-state index in [1.807, 2.05) is 35.0 Å². The molecule has 2 heterocycles. The highest BCUT2D eigenvalue weighted by Gasteiger charge is 2.29. The van der Waals surface area contributed by atoms with Crippen LogP contribution in [0.2, 0.25) is 0 Å². The normalized spacial score (nSPS) is 19.7. The van der Waals surface area contributed by atoms with Gasteiger partial charge in [-0.25, -0.2) is 0 Å². The number of hydrogen-bond donors (Lipinski definition) is 1. The summed E-state index contributed by atoms with van der Waals surface area (Å²) in [7, 11) is 0. The zero-order valence-corrected chi connectivity index (χ0v) is 15.2. The molecule has 1 atom stereocenters. The average molecular weight is 342 g/mol. The molecule has 1 saturated heterocycles. The van der Waals surface area contributed by atoms with Gasteiger partial charge < -0.3 is 14.6 Å². The lowest BCUT2D eigenvalue weighted by Crippen LogP contribution is -2.45. The van der Waals surface area contributed by atoms with E-state index in [2.05, 4.69) is 19.2 Å². The quantitative estimate of drug-likeness (QED) is 0.848. The number of ketones is 1. The van der Waals surface area contributed by atoms with Crippen molar-refractivity contribution in [3.05, 3.63) is 36.0 Å². The molecule has 0 bridgehead atoms. The van der Waals surface area contributed by atoms with E-state index in [0.717, 1.165) is 23.7 Å². The number of aryl methyl sites for hydroxylation is 1. The number of amides is 1. The van der Waals surface area contributed by atoms with Gasteiger partial charge in [-0.15, -0.1) is 0 Å². The zero-order valence-electron chi connectivity index (χ0n) is 15.2. The molecule has 5 nitrogen and oxygen atoms in total. The second-order valence-corrected chi connectivity index (χ2v) is 7.42. The van der Waals surface area contributed by atoms with E-state index in [9.17, 15) is 9.59 Å². The number of Topliss-reactive ketones (excluding diaryl/α,β-unsaturated/α-hetero) is 1. The second-order valence-electron chi connectivity index (χ2n) is 7.42. The molecule has 0 radical (unpaired) electrons. The molecule has 1 N–H and O–H groups in total. The molecule has 1 aromatic heterocycles. The fourth-order valence-electron chi connectivity index (χ4n) is 3.59. The first-order chi connectivity index (χ1) is 11.9. The Labute approximate surface area is 148 Å². The Morgan fingerprint density at radius 3 is 2.80 bits per heavy atom. The van der Waals surface area contributed by atoms with Crippen LogP contribution in [0.4, 0.5) is 0 Å². The van der Waals surface area contributed by atoms with Gasteiger partial charge in [-0.1, -0.05) is 18.2 Å². The molecular formula is C20H26N2O3. The molecule has 1 amide bonds. The Balaban J connectivity index is 1.64. The van der Waals surface area contributed by atoms with Gasteiger partial charge in [0.1, 0.15) is 0 Å². The van der Waals surface area contributed by atoms with Crippen LogP contribution in [0.1, 0.15) is 50.4 Å². The van der Waals surface area contributed by atoms with Crippen molar-refractivity contribution in [1.82, 2.24) is 9.88 Å². The second kappa shape index (κ2) is 7.00. The number of rotatable bonds is 5. The van der Waals surface area contributed by atoms with Crippen LogP contribution in [0.25, 0.3) is 10.9 Å². The van der Waals surface area contributed by atoms with E-state index in [-0.39, 0.29) is 23.3 Å². The third kappa shape index (κ3) is 4.10. The number of nitrogens with one attached hydrogen (secondary N) is 1. The maximum Gasteiger partial charge on any atom is 0.222 e. The van der Waals surface area contributed by atoms with Crippen molar-refractivity contribution in [2.24, 2.45) is 0 Å². The lowest BCUT2D eigenvalue weighted by Gasteiger charge is -2.35. The monoisotopic (exact) mass is 342 g/mol. The minimum Gasteiger partial charge on any atom is -0.375 e. The fourth-order valence-corrected chi connectivity index (χ4v) is 3.59. The van der Waals surface area contributed by atoms with Gasteiger partial charge in [0, 0.05) is 48.3 Å². The van der Waals surface area contributed by atoms with Crippen molar-refractivity contribution < 1.29 is 14.3 Å². The van der Waals surface area contributed by atoms with E-state index < -0.39 is 0 Å². The molecule has 134 valence electrons. The molecule has 0 aliphatic carbocycles. The Morgan fingerprint density at radius 2 is 2.08 bits per heavy atom. The van der Waals surface area contributed by atoms with Crippen molar-refractivity contribution in [3.8, 4) is 0 Å². The molecular weight excluding hydrogens is 316 g/mol. The molecule has 5 heteroatoms. The summed E-state index contributed by atoms with van der Waals surface area (Å²) in [6.07, 6.45) is 3.95. The summed E-state index contributed by atoms with van der Waals surface area (Å²) in [6, 6.07) is 7.99. The summed E-state index contributed by atoms with van der Waals surface area (Å²) in [5.74, 6) is 0.0914. The number of hydrogen-bond acceptors (Lipinski definition) is 3. The van der Waals surface area contributed by atoms with Crippen molar-refractivity contribution in [2.45, 2.75) is 58.2 Å². The van der Waals surface area contributed by atoms with Crippen molar-refractivity contribution in [2.75, 3.05) is 6.61 Å². The molecule has 1 aliphatic rings. The van der Waals surface area contributed by atoms with E-state index in [4.69, 9.17) is 4.74 Å². The molecule has 3 rings (SSSR count). The fraction of sp³-hybridized carbons (Fsp3) is 0.500. The number of carbonyl (C=O) groups is 2. The van der Waals surface area contributed by atoms with E-state index in [0.29, 0.717) is 25.1 Å². The number of carbonyl (C=O) groups excluding carboxylic acids is 2. The van der Waals surface area contributed by atoms with E-state index in [1.165, 1.54) is 0 Å². The lowest BCUT2D eigenvalue weighted by molar-refractivity contribution is -0.124. The van der Waals surface area contributed by atoms with Gasteiger partial charge in [0.2, 0.25) is 5.91 Å². The first-order valence-electron chi connectivity index (χ1n) is 8.88. The largest absolute Gasteiger partial charge is 0.375 e. The number of ether oxygens (including phenoxy) is 1. The van der Waals surface area contributed by atoms with Crippen molar-refractivity contribution in [1.29, 1.82) is 0 Å². The molecule has 1 fully saturated rings. The highest BCUT2D eigenvalue weighted by atomic mass is 16.5. The van der Waals surface area contributed by atoms with Crippen LogP contribution in [0, 0.1) is 0 Å². The van der Waals surface area contributed by atoms with E-state index in [1.54, 1.807) is 6.92 Å². The summed E-state index contributed by atoms with van der Waals surface area (Å²) in [5, 5.41) is 4.07. The first kappa shape index (κ1) is 17.7. The van der Waals surface area contributed by atoms with Crippen LogP contribution in [-0.2, 0) is 16.1 Å². The average Bonchev–Trinajstić information content (AvgIpc) is 2.91. The maximum atomic E-state index is 12.3. The summed E-state index contributed by atoms with van der Waals surface area (Å²) >= 11 is 0. The van der Waals surface area contributed by atoms with Crippen molar-refractivity contribution in [3.63, 3.8) is 0 Å². The van der Waals surface area contributed by atoms with Gasteiger partial charge in [0.05, 0.1) is 5.60 Å². The van der Waals surface area contributed by atoms with Gasteiger partial charge in [-0.05, 0) is 39.7 Å². The van der Waals surface area contributed by atoms with Crippen LogP contribution in [0.5, 0.6) is 0 Å². The first-order valence-corrected chi connectivity index (χ1v) is 8.88. The SMILES string of the molecule is CC(=O)c1cn(CCC(=O)N[C@H]2CCOC(C)(C)C2)c2ccccc12. The topological polar surface area (TPSA) is 60.3 Å². The molecule has 1 aromatic carbocycles. The van der Waals surface area contributed by atoms with Gasteiger partial charge in [0.15, 0.2) is 5.78 Å². The Kier molecular flexibility index (Phi) is 4.95. The molecule has 2 aromatic rings. The predicted molar refractivity (Wildman–Crippen MR) is 97.8 cm³/mol. The molecule has 1 aliphatic heterocycles. The number of benzene rings is 1. The summed E-state index contributed by atoms with van der Waals surface area (Å²) < 4.78 is 7.69. The highest BCUT2D eigenvalue weighted by Crippen LogP contribution is 2.24. The smallest absolute Gasteiger partial charge is 0.222 e. The molecule has 0 saturated carbocycles. The maximum absolute atomic E-state index is 12.3. The molecule has 0 unspecified atom stereocenters. The van der Waals surface area contributed by atoms with Crippen LogP contribution in [0.3, 0.4) is 0 Å². The standard InChI is InChI=1S/C20H26N2O3/c1-14(23)17-13-22(18-7-5-4-6-16(17)18)10-8-19(24)21-15-9-11-25-20(2,3)12-15/h4-7,13,15H,8-12H2,1-3H3,(H,21,24)/t15-/m0/s1. The lowest BCUT2D eigenvalue weighted by atomic mass is 9.94. The Hall–Kier alpha value is -2.14. The Morgan fingerprint density at radius 1 is 1.32 bits per heavy atom. The van der Waals surface area contributed by atoms with Gasteiger partial charge in [-0.2, -0.15) is 0 Å². The molecule has 0 spiro atoms. The van der Waals surface area contributed by atoms with E-state index >= 15 is 0 Å². The van der Waals surface area contributed by atoms with Crippen molar-refractivity contribution >= 4 is 22.6 Å². The summed E-state index contributed by atoms with van der Waals surface area (Å²) in [4.78, 5) is 24.2. The number of nitrogens with zero attached hydrogens (tertiary/aromatic N) is 1. The Bertz CT molecular complexity index is 791. The van der Waals surface area contributed by atoms with Crippen LogP contribution in [-0.4, -0.2) is 34.5 Å². The summed E-state index contributed by atoms with van der Waals surface area (Å²) in [6.45, 7) is 6.93. The van der Waals surface area contributed by atoms with Gasteiger partial charge in [0.25, 0.3) is 0 Å². The van der Waals surface area contributed by atoms with Gasteiger partial charge >= 0.3 is 0 Å². The number of fused-ring (bicyclic) bond motifs is 1. The predicted octanol–water partition coefficient (Wildman–Crippen LogP) is 3.31. The zero-order chi connectivity index (χ0) is 18.0. The third-order valence-electron chi connectivity index (χ3n) is 4.81. The third-order valence-corrected chi connectivity index (χ3v) is 4.81.